The van der Waals surface area contributed by atoms with Crippen molar-refractivity contribution in [1.29, 1.82) is 0 Å². The van der Waals surface area contributed by atoms with Crippen LogP contribution in [-0.4, -0.2) is 35.5 Å². The summed E-state index contributed by atoms with van der Waals surface area (Å²) in [6.45, 7) is 0. The van der Waals surface area contributed by atoms with Gasteiger partial charge in [0, 0.05) is 0 Å². The number of benzene rings is 3. The molecule has 0 unspecified atom stereocenters. The van der Waals surface area contributed by atoms with Gasteiger partial charge in [-0.3, -0.25) is 0 Å². The number of phenolic OH excluding ortho intramolecular Hbond substituents is 1. The summed E-state index contributed by atoms with van der Waals surface area (Å²) in [5.41, 5.74) is 4.03. The first-order valence-corrected chi connectivity index (χ1v) is 7.67. The summed E-state index contributed by atoms with van der Waals surface area (Å²) in [5, 5.41) is 28.6. The molecule has 2 N–H and O–H groups in total. The van der Waals surface area contributed by atoms with Gasteiger partial charge >= 0.3 is 0 Å². The number of aromatic nitrogens is 6. The molecular formula is C18H14N6O. The number of H-pyrrole nitrogens is 1. The Labute approximate surface area is 142 Å². The molecule has 7 nitrogen and oxygen atoms in total. The van der Waals surface area contributed by atoms with Crippen molar-refractivity contribution in [2.24, 2.45) is 0 Å². The number of hydrogen-bond donors (Lipinski definition) is 2. The second kappa shape index (κ2) is 6.40. The predicted octanol–water partition coefficient (Wildman–Crippen LogP) is 3.08. The summed E-state index contributed by atoms with van der Waals surface area (Å²) in [5.74, 6) is 0.169. The van der Waals surface area contributed by atoms with E-state index in [0.717, 1.165) is 22.1 Å². The summed E-state index contributed by atoms with van der Waals surface area (Å²) in [7, 11) is 0. The van der Waals surface area contributed by atoms with Crippen LogP contribution < -0.4 is 0 Å². The van der Waals surface area contributed by atoms with Crippen LogP contribution in [0.1, 0.15) is 0 Å². The Balaban J connectivity index is 0.000000147. The minimum Gasteiger partial charge on any atom is -0.506 e. The predicted molar refractivity (Wildman–Crippen MR) is 94.4 cm³/mol. The first-order valence-electron chi connectivity index (χ1n) is 7.67. The molecule has 0 aliphatic carbocycles. The van der Waals surface area contributed by atoms with E-state index in [1.54, 1.807) is 18.2 Å². The topological polar surface area (TPSA) is 92.5 Å². The smallest absolute Gasteiger partial charge is 0.143 e. The summed E-state index contributed by atoms with van der Waals surface area (Å²) >= 11 is 0. The molecule has 2 aromatic heterocycles. The van der Waals surface area contributed by atoms with E-state index in [2.05, 4.69) is 25.6 Å². The highest BCUT2D eigenvalue weighted by Crippen LogP contribution is 2.20. The maximum absolute atomic E-state index is 9.69. The molecule has 0 aliphatic rings. The van der Waals surface area contributed by atoms with Crippen LogP contribution in [0.4, 0.5) is 0 Å². The van der Waals surface area contributed by atoms with Crippen molar-refractivity contribution in [3.63, 3.8) is 0 Å². The number of hydrogen-bond acceptors (Lipinski definition) is 5. The van der Waals surface area contributed by atoms with E-state index >= 15 is 0 Å². The molecule has 7 heteroatoms. The molecule has 0 aliphatic heterocycles. The summed E-state index contributed by atoms with van der Waals surface area (Å²) in [6.07, 6.45) is 0. The van der Waals surface area contributed by atoms with Crippen LogP contribution in [0.2, 0.25) is 0 Å². The monoisotopic (exact) mass is 330 g/mol. The van der Waals surface area contributed by atoms with Gasteiger partial charge in [-0.1, -0.05) is 36.4 Å². The van der Waals surface area contributed by atoms with Crippen LogP contribution in [0.5, 0.6) is 5.75 Å². The third-order valence-electron chi connectivity index (χ3n) is 3.61. The molecule has 0 amide bonds. The van der Waals surface area contributed by atoms with Crippen LogP contribution in [0.15, 0.2) is 72.8 Å². The number of aromatic amines is 1. The minimum absolute atomic E-state index is 0.169. The van der Waals surface area contributed by atoms with Crippen molar-refractivity contribution in [3.8, 4) is 11.4 Å². The molecule has 0 spiro atoms. The fourth-order valence-corrected chi connectivity index (χ4v) is 2.39. The van der Waals surface area contributed by atoms with Gasteiger partial charge in [0.2, 0.25) is 0 Å². The second-order valence-corrected chi connectivity index (χ2v) is 5.28. The molecule has 0 saturated heterocycles. The Kier molecular flexibility index (Phi) is 3.80. The molecule has 0 bridgehead atoms. The van der Waals surface area contributed by atoms with Gasteiger partial charge in [-0.15, -0.1) is 15.0 Å². The van der Waals surface area contributed by atoms with Gasteiger partial charge in [-0.05, 0) is 36.4 Å². The van der Waals surface area contributed by atoms with E-state index in [-0.39, 0.29) is 5.75 Å². The maximum atomic E-state index is 9.69. The van der Waals surface area contributed by atoms with Crippen LogP contribution in [0.3, 0.4) is 0 Å². The Hall–Kier alpha value is -3.74. The van der Waals surface area contributed by atoms with Crippen LogP contribution in [0.25, 0.3) is 27.8 Å². The number of rotatable bonds is 1. The molecular weight excluding hydrogens is 316 g/mol. The van der Waals surface area contributed by atoms with Crippen molar-refractivity contribution >= 4 is 22.1 Å². The number of nitrogens with zero attached hydrogens (tertiary/aromatic N) is 5. The average Bonchev–Trinajstić information content (AvgIpc) is 3.29. The van der Waals surface area contributed by atoms with Crippen molar-refractivity contribution in [1.82, 2.24) is 30.4 Å². The Bertz CT molecular complexity index is 1070. The first kappa shape index (κ1) is 14.8. The van der Waals surface area contributed by atoms with E-state index in [0.29, 0.717) is 5.69 Å². The summed E-state index contributed by atoms with van der Waals surface area (Å²) in [4.78, 5) is 1.44. The molecule has 25 heavy (non-hydrogen) atoms. The van der Waals surface area contributed by atoms with E-state index in [1.807, 2.05) is 54.6 Å². The van der Waals surface area contributed by atoms with E-state index in [4.69, 9.17) is 0 Å². The average molecular weight is 330 g/mol. The van der Waals surface area contributed by atoms with Gasteiger partial charge in [0.1, 0.15) is 33.5 Å². The number of fused-ring (bicyclic) bond motifs is 2. The SMILES string of the molecule is Oc1ccccc1-n1nc2ccccc2n1.c1ccc2n[nH]nc2c1. The van der Waals surface area contributed by atoms with Crippen LogP contribution >= 0.6 is 0 Å². The second-order valence-electron chi connectivity index (χ2n) is 5.28. The minimum atomic E-state index is 0.169. The lowest BCUT2D eigenvalue weighted by Crippen LogP contribution is -1.98. The molecule has 0 saturated carbocycles. The number of nitrogens with one attached hydrogen (secondary N) is 1. The van der Waals surface area contributed by atoms with Crippen molar-refractivity contribution in [3.05, 3.63) is 72.8 Å². The molecule has 3 aromatic carbocycles. The molecule has 0 fully saturated rings. The van der Waals surface area contributed by atoms with Crippen LogP contribution in [0, 0.1) is 0 Å². The molecule has 5 rings (SSSR count). The largest absolute Gasteiger partial charge is 0.506 e. The fourth-order valence-electron chi connectivity index (χ4n) is 2.39. The highest BCUT2D eigenvalue weighted by Gasteiger charge is 2.06. The zero-order chi connectivity index (χ0) is 17.1. The standard InChI is InChI=1S/C12H9N3O.C6H5N3/c16-12-8-4-3-7-11(12)15-13-9-5-1-2-6-10(9)14-15;1-2-4-6-5(3-1)7-9-8-6/h1-8,16H;1-4H,(H,7,8,9). The molecule has 122 valence electrons. The van der Waals surface area contributed by atoms with Gasteiger partial charge < -0.3 is 5.11 Å². The van der Waals surface area contributed by atoms with Gasteiger partial charge in [-0.2, -0.15) is 15.4 Å². The van der Waals surface area contributed by atoms with Crippen molar-refractivity contribution in [2.45, 2.75) is 0 Å². The molecule has 0 radical (unpaired) electrons. The molecule has 5 aromatic rings. The lowest BCUT2D eigenvalue weighted by Gasteiger charge is -2.00. The Morgan fingerprint density at radius 2 is 1.12 bits per heavy atom. The Morgan fingerprint density at radius 3 is 1.68 bits per heavy atom. The highest BCUT2D eigenvalue weighted by molar-refractivity contribution is 5.74. The number of phenols is 1. The normalized spacial score (nSPS) is 10.6. The number of aromatic hydroxyl groups is 1. The highest BCUT2D eigenvalue weighted by atomic mass is 16.3. The van der Waals surface area contributed by atoms with Gasteiger partial charge in [0.25, 0.3) is 0 Å². The van der Waals surface area contributed by atoms with Gasteiger partial charge in [0.15, 0.2) is 0 Å². The summed E-state index contributed by atoms with van der Waals surface area (Å²) < 4.78 is 0. The molecule has 0 atom stereocenters. The number of para-hydroxylation sites is 4. The molecule has 2 heterocycles. The van der Waals surface area contributed by atoms with Gasteiger partial charge in [0.05, 0.1) is 0 Å². The fraction of sp³-hybridized carbons (Fsp3) is 0. The zero-order valence-corrected chi connectivity index (χ0v) is 13.1. The van der Waals surface area contributed by atoms with E-state index < -0.39 is 0 Å². The van der Waals surface area contributed by atoms with Crippen LogP contribution in [-0.2, 0) is 0 Å². The van der Waals surface area contributed by atoms with Crippen molar-refractivity contribution in [2.75, 3.05) is 0 Å². The third kappa shape index (κ3) is 3.02. The van der Waals surface area contributed by atoms with E-state index in [1.165, 1.54) is 4.80 Å². The quantitative estimate of drug-likeness (QED) is 0.493. The van der Waals surface area contributed by atoms with Gasteiger partial charge in [-0.25, -0.2) is 0 Å². The lowest BCUT2D eigenvalue weighted by molar-refractivity contribution is 0.468. The summed E-state index contributed by atoms with van der Waals surface area (Å²) in [6, 6.07) is 22.3. The first-order chi connectivity index (χ1) is 12.3. The zero-order valence-electron chi connectivity index (χ0n) is 13.1. The third-order valence-corrected chi connectivity index (χ3v) is 3.61. The Morgan fingerprint density at radius 1 is 0.640 bits per heavy atom. The lowest BCUT2D eigenvalue weighted by atomic mass is 10.3. The van der Waals surface area contributed by atoms with Crippen molar-refractivity contribution < 1.29 is 5.11 Å². The van der Waals surface area contributed by atoms with E-state index in [9.17, 15) is 5.11 Å². The maximum Gasteiger partial charge on any atom is 0.143 e.